The fourth-order valence-corrected chi connectivity index (χ4v) is 5.83. The molecule has 0 atom stereocenters. The van der Waals surface area contributed by atoms with E-state index < -0.39 is 21.9 Å². The summed E-state index contributed by atoms with van der Waals surface area (Å²) in [6.07, 6.45) is -1.34. The quantitative estimate of drug-likeness (QED) is 0.604. The first-order valence-corrected chi connectivity index (χ1v) is 10.8. The molecular weight excluding hydrogens is 395 g/mol. The number of likely N-dealkylation sites (tertiary alicyclic amines) is 1. The van der Waals surface area contributed by atoms with E-state index in [-0.39, 0.29) is 16.0 Å². The highest BCUT2D eigenvalue weighted by Gasteiger charge is 2.55. The number of ether oxygens (including phenoxy) is 1. The van der Waals surface area contributed by atoms with Gasteiger partial charge in [0.25, 0.3) is 0 Å². The van der Waals surface area contributed by atoms with E-state index >= 15 is 0 Å². The molecular formula is C18H26F3N3O3S. The number of alkyl halides is 3. The Kier molecular flexibility index (Phi) is 6.05. The number of nitrogens with zero attached hydrogens (tertiary/aromatic N) is 3. The summed E-state index contributed by atoms with van der Waals surface area (Å²) in [6.45, 7) is 5.63. The van der Waals surface area contributed by atoms with Gasteiger partial charge in [-0.2, -0.15) is 17.5 Å². The third kappa shape index (κ3) is 4.34. The molecule has 6 nitrogen and oxygen atoms in total. The molecule has 1 aromatic heterocycles. The standard InChI is InChI=1S/C18H26F3N3O3S/c1-14-15(6-7-16(22-14)18(19,20)21)28(25,26)24-12-17(13-24)10-23(11-17)8-4-3-5-9-27-2/h6-7H,3-5,8-13H2,1-2H3. The Hall–Kier alpha value is -1.23. The number of hydrogen-bond donors (Lipinski definition) is 0. The number of aromatic nitrogens is 1. The zero-order valence-electron chi connectivity index (χ0n) is 16.1. The second-order valence-corrected chi connectivity index (χ2v) is 9.72. The van der Waals surface area contributed by atoms with Crippen molar-refractivity contribution in [1.82, 2.24) is 14.2 Å². The van der Waals surface area contributed by atoms with Gasteiger partial charge in [0.1, 0.15) is 10.6 Å². The van der Waals surface area contributed by atoms with Gasteiger partial charge >= 0.3 is 6.18 Å². The van der Waals surface area contributed by atoms with E-state index in [4.69, 9.17) is 4.74 Å². The Morgan fingerprint density at radius 2 is 1.82 bits per heavy atom. The molecule has 2 aliphatic heterocycles. The summed E-state index contributed by atoms with van der Waals surface area (Å²) in [5, 5.41) is 0. The fourth-order valence-electron chi connectivity index (χ4n) is 4.01. The lowest BCUT2D eigenvalue weighted by Gasteiger charge is -2.59. The molecule has 2 saturated heterocycles. The molecule has 3 rings (SSSR count). The van der Waals surface area contributed by atoms with Gasteiger partial charge in [0, 0.05) is 45.3 Å². The highest BCUT2D eigenvalue weighted by atomic mass is 32.2. The van der Waals surface area contributed by atoms with Crippen LogP contribution < -0.4 is 0 Å². The maximum atomic E-state index is 12.8. The number of hydrogen-bond acceptors (Lipinski definition) is 5. The maximum absolute atomic E-state index is 12.8. The summed E-state index contributed by atoms with van der Waals surface area (Å²) >= 11 is 0. The van der Waals surface area contributed by atoms with Crippen molar-refractivity contribution >= 4 is 10.0 Å². The lowest BCUT2D eigenvalue weighted by molar-refractivity contribution is -0.141. The fraction of sp³-hybridized carbons (Fsp3) is 0.722. The van der Waals surface area contributed by atoms with Crippen LogP contribution in [0.4, 0.5) is 13.2 Å². The SMILES string of the molecule is COCCCCCN1CC2(C1)CN(S(=O)(=O)c1ccc(C(F)(F)F)nc1C)C2. The molecule has 0 amide bonds. The number of halogens is 3. The van der Waals surface area contributed by atoms with Crippen molar-refractivity contribution in [1.29, 1.82) is 0 Å². The van der Waals surface area contributed by atoms with Gasteiger partial charge in [0.2, 0.25) is 10.0 Å². The van der Waals surface area contributed by atoms with Crippen molar-refractivity contribution in [2.45, 2.75) is 37.3 Å². The van der Waals surface area contributed by atoms with Gasteiger partial charge in [-0.25, -0.2) is 13.4 Å². The summed E-state index contributed by atoms with van der Waals surface area (Å²) < 4.78 is 70.1. The normalized spacial score (nSPS) is 20.2. The minimum absolute atomic E-state index is 0.00710. The Morgan fingerprint density at radius 3 is 2.39 bits per heavy atom. The van der Waals surface area contributed by atoms with Crippen LogP contribution in [-0.4, -0.2) is 69.0 Å². The van der Waals surface area contributed by atoms with Gasteiger partial charge in [0.15, 0.2) is 0 Å². The van der Waals surface area contributed by atoms with Crippen LogP contribution in [0.1, 0.15) is 30.7 Å². The molecule has 2 fully saturated rings. The molecule has 28 heavy (non-hydrogen) atoms. The van der Waals surface area contributed by atoms with Crippen LogP contribution in [0.3, 0.4) is 0 Å². The van der Waals surface area contributed by atoms with Crippen LogP contribution in [0, 0.1) is 12.3 Å². The lowest BCUT2D eigenvalue weighted by atomic mass is 9.74. The summed E-state index contributed by atoms with van der Waals surface area (Å²) in [4.78, 5) is 5.61. The van der Waals surface area contributed by atoms with Gasteiger partial charge in [-0.3, -0.25) is 0 Å². The van der Waals surface area contributed by atoms with Gasteiger partial charge in [-0.1, -0.05) is 0 Å². The molecule has 0 aliphatic carbocycles. The first-order valence-electron chi connectivity index (χ1n) is 9.34. The summed E-state index contributed by atoms with van der Waals surface area (Å²) in [5.74, 6) is 0. The molecule has 0 saturated carbocycles. The van der Waals surface area contributed by atoms with E-state index in [0.29, 0.717) is 13.1 Å². The molecule has 0 radical (unpaired) electrons. The largest absolute Gasteiger partial charge is 0.433 e. The van der Waals surface area contributed by atoms with E-state index in [0.717, 1.165) is 57.6 Å². The van der Waals surface area contributed by atoms with Crippen molar-refractivity contribution in [2.24, 2.45) is 5.41 Å². The molecule has 0 unspecified atom stereocenters. The number of sulfonamides is 1. The zero-order valence-corrected chi connectivity index (χ0v) is 16.9. The van der Waals surface area contributed by atoms with Crippen molar-refractivity contribution < 1.29 is 26.3 Å². The van der Waals surface area contributed by atoms with E-state index in [2.05, 4.69) is 9.88 Å². The predicted molar refractivity (Wildman–Crippen MR) is 97.3 cm³/mol. The Balaban J connectivity index is 1.52. The number of aryl methyl sites for hydroxylation is 1. The molecule has 3 heterocycles. The van der Waals surface area contributed by atoms with Gasteiger partial charge in [-0.15, -0.1) is 0 Å². The van der Waals surface area contributed by atoms with Crippen LogP contribution in [0.15, 0.2) is 17.0 Å². The van der Waals surface area contributed by atoms with Crippen LogP contribution in [0.5, 0.6) is 0 Å². The predicted octanol–water partition coefficient (Wildman–Crippen LogP) is 2.53. The maximum Gasteiger partial charge on any atom is 0.433 e. The Bertz CT molecular complexity index is 800. The number of methoxy groups -OCH3 is 1. The van der Waals surface area contributed by atoms with Gasteiger partial charge < -0.3 is 9.64 Å². The van der Waals surface area contributed by atoms with E-state index in [1.165, 1.54) is 11.2 Å². The monoisotopic (exact) mass is 421 g/mol. The first kappa shape index (κ1) is 21.5. The molecule has 2 aliphatic rings. The average molecular weight is 421 g/mol. The minimum Gasteiger partial charge on any atom is -0.385 e. The van der Waals surface area contributed by atoms with E-state index in [1.54, 1.807) is 7.11 Å². The number of unbranched alkanes of at least 4 members (excludes halogenated alkanes) is 2. The molecule has 158 valence electrons. The third-order valence-corrected chi connectivity index (χ3v) is 7.34. The van der Waals surface area contributed by atoms with Crippen molar-refractivity contribution in [3.05, 3.63) is 23.5 Å². The summed E-state index contributed by atoms with van der Waals surface area (Å²) in [7, 11) is -2.12. The zero-order chi connectivity index (χ0) is 20.6. The summed E-state index contributed by atoms with van der Waals surface area (Å²) in [6, 6.07) is 1.74. The van der Waals surface area contributed by atoms with Gasteiger partial charge in [-0.05, 0) is 44.9 Å². The van der Waals surface area contributed by atoms with Crippen LogP contribution in [0.25, 0.3) is 0 Å². The molecule has 0 bridgehead atoms. The molecule has 0 aromatic carbocycles. The van der Waals surface area contributed by atoms with Crippen LogP contribution >= 0.6 is 0 Å². The average Bonchev–Trinajstić information content (AvgIpc) is 2.53. The minimum atomic E-state index is -4.59. The topological polar surface area (TPSA) is 62.7 Å². The highest BCUT2D eigenvalue weighted by molar-refractivity contribution is 7.89. The summed E-state index contributed by atoms with van der Waals surface area (Å²) in [5.41, 5.74) is -1.21. The molecule has 10 heteroatoms. The Morgan fingerprint density at radius 1 is 1.14 bits per heavy atom. The van der Waals surface area contributed by atoms with E-state index in [9.17, 15) is 21.6 Å². The number of pyridine rings is 1. The van der Waals surface area contributed by atoms with Crippen LogP contribution in [0.2, 0.25) is 0 Å². The Labute approximate surface area is 163 Å². The highest BCUT2D eigenvalue weighted by Crippen LogP contribution is 2.42. The van der Waals surface area contributed by atoms with Crippen molar-refractivity contribution in [3.63, 3.8) is 0 Å². The van der Waals surface area contributed by atoms with E-state index in [1.807, 2.05) is 0 Å². The van der Waals surface area contributed by atoms with Crippen LogP contribution in [-0.2, 0) is 20.9 Å². The second-order valence-electron chi connectivity index (χ2n) is 7.82. The third-order valence-electron chi connectivity index (χ3n) is 5.41. The second kappa shape index (κ2) is 7.89. The first-order chi connectivity index (χ1) is 13.1. The smallest absolute Gasteiger partial charge is 0.385 e. The molecule has 0 N–H and O–H groups in total. The molecule has 1 spiro atoms. The van der Waals surface area contributed by atoms with Gasteiger partial charge in [0.05, 0.1) is 5.69 Å². The lowest BCUT2D eigenvalue weighted by Crippen LogP contribution is -2.72. The molecule has 1 aromatic rings. The van der Waals surface area contributed by atoms with Crippen molar-refractivity contribution in [3.8, 4) is 0 Å². The van der Waals surface area contributed by atoms with Crippen molar-refractivity contribution in [2.75, 3.05) is 46.4 Å². The number of rotatable bonds is 8.